The Labute approximate surface area is 113 Å². The highest BCUT2D eigenvalue weighted by molar-refractivity contribution is 7.88. The summed E-state index contributed by atoms with van der Waals surface area (Å²) in [6.45, 7) is 6.26. The second kappa shape index (κ2) is 5.09. The molecule has 19 heavy (non-hydrogen) atoms. The highest BCUT2D eigenvalue weighted by atomic mass is 32.2. The molecular weight excluding hydrogens is 262 g/mol. The highest BCUT2D eigenvalue weighted by Gasteiger charge is 2.28. The van der Waals surface area contributed by atoms with E-state index in [1.165, 1.54) is 10.6 Å². The van der Waals surface area contributed by atoms with Gasteiger partial charge in [-0.05, 0) is 30.7 Å². The van der Waals surface area contributed by atoms with Crippen LogP contribution in [0.2, 0.25) is 0 Å². The molecule has 1 aromatic rings. The lowest BCUT2D eigenvalue weighted by molar-refractivity contribution is 0.502. The van der Waals surface area contributed by atoms with Gasteiger partial charge < -0.3 is 4.42 Å². The zero-order valence-corrected chi connectivity index (χ0v) is 11.9. The summed E-state index contributed by atoms with van der Waals surface area (Å²) >= 11 is 0. The van der Waals surface area contributed by atoms with Gasteiger partial charge in [-0.3, -0.25) is 4.31 Å². The van der Waals surface area contributed by atoms with Gasteiger partial charge in [0.05, 0.1) is 12.5 Å². The Morgan fingerprint density at radius 3 is 2.79 bits per heavy atom. The highest BCUT2D eigenvalue weighted by Crippen LogP contribution is 2.30. The lowest BCUT2D eigenvalue weighted by Crippen LogP contribution is -2.25. The van der Waals surface area contributed by atoms with Gasteiger partial charge in [0, 0.05) is 18.7 Å². The lowest BCUT2D eigenvalue weighted by atomic mass is 9.95. The maximum absolute atomic E-state index is 11.6. The van der Waals surface area contributed by atoms with Gasteiger partial charge in [0.1, 0.15) is 5.76 Å². The largest absolute Gasteiger partial charge is 0.465 e. The van der Waals surface area contributed by atoms with E-state index in [-0.39, 0.29) is 5.92 Å². The maximum atomic E-state index is 11.6. The Hall–Kier alpha value is -1.75. The van der Waals surface area contributed by atoms with Gasteiger partial charge in [0.25, 0.3) is 0 Å². The van der Waals surface area contributed by atoms with Gasteiger partial charge in [0.2, 0.25) is 10.0 Å². The van der Waals surface area contributed by atoms with Gasteiger partial charge in [-0.15, -0.1) is 0 Å². The molecule has 1 aliphatic heterocycles. The van der Waals surface area contributed by atoms with E-state index in [2.05, 4.69) is 6.58 Å². The minimum Gasteiger partial charge on any atom is -0.465 e. The van der Waals surface area contributed by atoms with Crippen LogP contribution < -0.4 is 0 Å². The minimum atomic E-state index is -3.22. The molecule has 0 N–H and O–H groups in total. The number of furan rings is 1. The first-order chi connectivity index (χ1) is 8.88. The fraction of sp³-hybridized carbons (Fsp3) is 0.286. The van der Waals surface area contributed by atoms with Crippen molar-refractivity contribution in [3.05, 3.63) is 54.2 Å². The normalized spacial score (nSPS) is 20.0. The van der Waals surface area contributed by atoms with Crippen LogP contribution in [-0.2, 0) is 10.0 Å². The van der Waals surface area contributed by atoms with Gasteiger partial charge in [-0.25, -0.2) is 8.42 Å². The summed E-state index contributed by atoms with van der Waals surface area (Å²) < 4.78 is 29.7. The summed E-state index contributed by atoms with van der Waals surface area (Å²) in [7, 11) is -3.22. The van der Waals surface area contributed by atoms with E-state index < -0.39 is 10.0 Å². The topological polar surface area (TPSA) is 50.5 Å². The fourth-order valence-corrected chi connectivity index (χ4v) is 2.72. The Kier molecular flexibility index (Phi) is 3.66. The number of rotatable bonds is 4. The molecule has 0 saturated heterocycles. The molecule has 5 heteroatoms. The van der Waals surface area contributed by atoms with Crippen LogP contribution in [0.5, 0.6) is 0 Å². The van der Waals surface area contributed by atoms with Crippen molar-refractivity contribution in [2.24, 2.45) is 5.92 Å². The van der Waals surface area contributed by atoms with Gasteiger partial charge >= 0.3 is 0 Å². The SMILES string of the molecule is C=C(C)C1CN(S(C)(=O)=O)C=C1/C=C/c1ccco1. The van der Waals surface area contributed by atoms with E-state index in [0.29, 0.717) is 6.54 Å². The molecule has 1 atom stereocenters. The number of hydrogen-bond acceptors (Lipinski definition) is 3. The summed E-state index contributed by atoms with van der Waals surface area (Å²) in [5.74, 6) is 0.764. The second-order valence-corrected chi connectivity index (χ2v) is 6.64. The summed E-state index contributed by atoms with van der Waals surface area (Å²) in [4.78, 5) is 0. The minimum absolute atomic E-state index is 0.0286. The van der Waals surface area contributed by atoms with Crippen LogP contribution in [0.4, 0.5) is 0 Å². The van der Waals surface area contributed by atoms with Crippen molar-refractivity contribution in [3.63, 3.8) is 0 Å². The molecule has 0 aromatic carbocycles. The first-order valence-corrected chi connectivity index (χ1v) is 7.78. The van der Waals surface area contributed by atoms with Crippen molar-refractivity contribution < 1.29 is 12.8 Å². The third-order valence-electron chi connectivity index (χ3n) is 3.06. The molecule has 1 aromatic heterocycles. The molecule has 0 saturated carbocycles. The zero-order valence-electron chi connectivity index (χ0n) is 11.0. The van der Waals surface area contributed by atoms with Crippen LogP contribution in [0.1, 0.15) is 12.7 Å². The second-order valence-electron chi connectivity index (χ2n) is 4.71. The molecular formula is C14H17NO3S. The van der Waals surface area contributed by atoms with Crippen LogP contribution in [0.3, 0.4) is 0 Å². The standard InChI is InChI=1S/C14H17NO3S/c1-11(2)14-10-15(19(3,16)17)9-12(14)6-7-13-5-4-8-18-13/h4-9,14H,1,10H2,2-3H3/b7-6+. The predicted molar refractivity (Wildman–Crippen MR) is 75.7 cm³/mol. The lowest BCUT2D eigenvalue weighted by Gasteiger charge is -2.15. The Morgan fingerprint density at radius 1 is 1.53 bits per heavy atom. The monoisotopic (exact) mass is 279 g/mol. The van der Waals surface area contributed by atoms with Gasteiger partial charge in [-0.1, -0.05) is 18.2 Å². The molecule has 0 aliphatic carbocycles. The smallest absolute Gasteiger partial charge is 0.231 e. The number of allylic oxidation sites excluding steroid dienone is 1. The Bertz CT molecular complexity index is 624. The molecule has 1 aliphatic rings. The van der Waals surface area contributed by atoms with Crippen molar-refractivity contribution in [1.82, 2.24) is 4.31 Å². The van der Waals surface area contributed by atoms with E-state index in [0.717, 1.165) is 16.9 Å². The third kappa shape index (κ3) is 3.17. The van der Waals surface area contributed by atoms with E-state index in [4.69, 9.17) is 4.42 Å². The first-order valence-electron chi connectivity index (χ1n) is 5.93. The van der Waals surface area contributed by atoms with Crippen molar-refractivity contribution in [3.8, 4) is 0 Å². The molecule has 0 radical (unpaired) electrons. The average Bonchev–Trinajstić information content (AvgIpc) is 2.94. The summed E-state index contributed by atoms with van der Waals surface area (Å²) in [6.07, 6.45) is 8.17. The number of hydrogen-bond donors (Lipinski definition) is 0. The van der Waals surface area contributed by atoms with E-state index >= 15 is 0 Å². The molecule has 0 spiro atoms. The predicted octanol–water partition coefficient (Wildman–Crippen LogP) is 2.64. The van der Waals surface area contributed by atoms with Crippen LogP contribution in [-0.4, -0.2) is 25.5 Å². The van der Waals surface area contributed by atoms with Gasteiger partial charge in [-0.2, -0.15) is 0 Å². The fourth-order valence-electron chi connectivity index (χ4n) is 1.99. The maximum Gasteiger partial charge on any atom is 0.231 e. The Morgan fingerprint density at radius 2 is 2.26 bits per heavy atom. The molecule has 0 amide bonds. The van der Waals surface area contributed by atoms with Gasteiger partial charge in [0.15, 0.2) is 0 Å². The van der Waals surface area contributed by atoms with Crippen LogP contribution in [0.15, 0.2) is 52.8 Å². The molecule has 0 fully saturated rings. The summed E-state index contributed by atoms with van der Waals surface area (Å²) in [5.41, 5.74) is 1.87. The summed E-state index contributed by atoms with van der Waals surface area (Å²) in [5, 5.41) is 0. The zero-order chi connectivity index (χ0) is 14.0. The summed E-state index contributed by atoms with van der Waals surface area (Å²) in [6, 6.07) is 3.65. The quantitative estimate of drug-likeness (QED) is 0.796. The molecule has 1 unspecified atom stereocenters. The Balaban J connectivity index is 2.26. The molecule has 4 nitrogen and oxygen atoms in total. The van der Waals surface area contributed by atoms with Crippen LogP contribution >= 0.6 is 0 Å². The van der Waals surface area contributed by atoms with E-state index in [1.807, 2.05) is 31.2 Å². The van der Waals surface area contributed by atoms with E-state index in [9.17, 15) is 8.42 Å². The molecule has 0 bridgehead atoms. The van der Waals surface area contributed by atoms with Crippen LogP contribution in [0, 0.1) is 5.92 Å². The molecule has 2 heterocycles. The van der Waals surface area contributed by atoms with Crippen molar-refractivity contribution in [2.45, 2.75) is 6.92 Å². The number of sulfonamides is 1. The number of nitrogens with zero attached hydrogens (tertiary/aromatic N) is 1. The van der Waals surface area contributed by atoms with E-state index in [1.54, 1.807) is 12.5 Å². The van der Waals surface area contributed by atoms with Crippen molar-refractivity contribution in [2.75, 3.05) is 12.8 Å². The average molecular weight is 279 g/mol. The van der Waals surface area contributed by atoms with Crippen molar-refractivity contribution >= 4 is 16.1 Å². The first kappa shape index (κ1) is 13.7. The third-order valence-corrected chi connectivity index (χ3v) is 4.17. The van der Waals surface area contributed by atoms with Crippen LogP contribution in [0.25, 0.3) is 6.08 Å². The molecule has 2 rings (SSSR count). The van der Waals surface area contributed by atoms with Crippen molar-refractivity contribution in [1.29, 1.82) is 0 Å². The molecule has 102 valence electrons.